The van der Waals surface area contributed by atoms with Gasteiger partial charge in [0.15, 0.2) is 0 Å². The minimum atomic E-state index is -0.139. The Morgan fingerprint density at radius 3 is 2.72 bits per heavy atom. The van der Waals surface area contributed by atoms with Crippen molar-refractivity contribution in [2.75, 3.05) is 13.7 Å². The highest BCUT2D eigenvalue weighted by molar-refractivity contribution is 5.94. The van der Waals surface area contributed by atoms with Crippen molar-refractivity contribution >= 4 is 5.91 Å². The molecule has 0 spiro atoms. The van der Waals surface area contributed by atoms with E-state index >= 15 is 0 Å². The highest BCUT2D eigenvalue weighted by Crippen LogP contribution is 2.35. The van der Waals surface area contributed by atoms with Gasteiger partial charge < -0.3 is 19.5 Å². The minimum absolute atomic E-state index is 0.139. The zero-order valence-corrected chi connectivity index (χ0v) is 14.8. The Hall–Kier alpha value is -2.69. The average Bonchev–Trinajstić information content (AvgIpc) is 2.98. The summed E-state index contributed by atoms with van der Waals surface area (Å²) in [5.74, 6) is 2.26. The molecule has 0 aromatic heterocycles. The fourth-order valence-electron chi connectivity index (χ4n) is 2.93. The molecule has 132 valence electrons. The second-order valence-corrected chi connectivity index (χ2v) is 6.04. The molecule has 0 bridgehead atoms. The summed E-state index contributed by atoms with van der Waals surface area (Å²) in [4.78, 5) is 12.3. The molecule has 1 atom stereocenters. The van der Waals surface area contributed by atoms with E-state index in [2.05, 4.69) is 5.32 Å². The zero-order valence-electron chi connectivity index (χ0n) is 14.8. The number of amides is 1. The van der Waals surface area contributed by atoms with Crippen molar-refractivity contribution < 1.29 is 19.0 Å². The summed E-state index contributed by atoms with van der Waals surface area (Å²) in [7, 11) is 1.60. The van der Waals surface area contributed by atoms with Crippen LogP contribution >= 0.6 is 0 Å². The minimum Gasteiger partial charge on any atom is -0.497 e. The molecule has 0 saturated heterocycles. The molecule has 1 heterocycles. The first-order chi connectivity index (χ1) is 12.1. The maximum Gasteiger partial charge on any atom is 0.251 e. The van der Waals surface area contributed by atoms with Crippen LogP contribution in [-0.2, 0) is 13.0 Å². The highest BCUT2D eigenvalue weighted by Gasteiger charge is 2.22. The van der Waals surface area contributed by atoms with E-state index in [1.807, 2.05) is 26.0 Å². The molecule has 25 heavy (non-hydrogen) atoms. The molecule has 2 aromatic carbocycles. The summed E-state index contributed by atoms with van der Waals surface area (Å²) in [6.07, 6.45) is 1.06. The molecule has 0 fully saturated rings. The first-order valence-corrected chi connectivity index (χ1v) is 8.48. The molecule has 2 aromatic rings. The van der Waals surface area contributed by atoms with Crippen LogP contribution in [0.4, 0.5) is 0 Å². The van der Waals surface area contributed by atoms with E-state index in [1.54, 1.807) is 31.4 Å². The lowest BCUT2D eigenvalue weighted by Crippen LogP contribution is -2.23. The Morgan fingerprint density at radius 1 is 1.28 bits per heavy atom. The maximum absolute atomic E-state index is 12.3. The lowest BCUT2D eigenvalue weighted by atomic mass is 10.1. The number of benzene rings is 2. The van der Waals surface area contributed by atoms with Crippen LogP contribution in [-0.4, -0.2) is 25.7 Å². The smallest absolute Gasteiger partial charge is 0.251 e. The molecule has 1 N–H and O–H groups in total. The second kappa shape index (κ2) is 7.47. The predicted molar refractivity (Wildman–Crippen MR) is 95.6 cm³/mol. The number of hydrogen-bond acceptors (Lipinski definition) is 4. The van der Waals surface area contributed by atoms with Crippen molar-refractivity contribution in [2.24, 2.45) is 0 Å². The first-order valence-electron chi connectivity index (χ1n) is 8.48. The van der Waals surface area contributed by atoms with Gasteiger partial charge >= 0.3 is 0 Å². The topological polar surface area (TPSA) is 56.8 Å². The van der Waals surface area contributed by atoms with E-state index in [9.17, 15) is 4.79 Å². The molecule has 1 aliphatic heterocycles. The van der Waals surface area contributed by atoms with E-state index in [0.717, 1.165) is 34.8 Å². The van der Waals surface area contributed by atoms with E-state index in [1.165, 1.54) is 0 Å². The van der Waals surface area contributed by atoms with E-state index in [-0.39, 0.29) is 12.0 Å². The molecule has 1 amide bonds. The van der Waals surface area contributed by atoms with Crippen LogP contribution in [0, 0.1) is 0 Å². The molecule has 1 aliphatic rings. The Labute approximate surface area is 147 Å². The SMILES string of the molecule is CCOc1cc2c(cc1CNC(=O)c1ccc(OC)cc1)O[C@@H](C)C2. The number of carbonyl (C=O) groups excluding carboxylic acids is 1. The van der Waals surface area contributed by atoms with Gasteiger partial charge in [-0.05, 0) is 50.2 Å². The Balaban J connectivity index is 1.73. The number of nitrogens with one attached hydrogen (secondary N) is 1. The van der Waals surface area contributed by atoms with Crippen LogP contribution in [0.3, 0.4) is 0 Å². The molecular formula is C20H23NO4. The highest BCUT2D eigenvalue weighted by atomic mass is 16.5. The third-order valence-corrected chi connectivity index (χ3v) is 4.17. The predicted octanol–water partition coefficient (Wildman–Crippen LogP) is 3.35. The summed E-state index contributed by atoms with van der Waals surface area (Å²) in [5, 5.41) is 2.94. The summed E-state index contributed by atoms with van der Waals surface area (Å²) < 4.78 is 16.7. The lowest BCUT2D eigenvalue weighted by molar-refractivity contribution is 0.0950. The number of carbonyl (C=O) groups is 1. The number of methoxy groups -OCH3 is 1. The normalized spacial score (nSPS) is 15.2. The fraction of sp³-hybridized carbons (Fsp3) is 0.350. The number of fused-ring (bicyclic) bond motifs is 1. The molecule has 0 aliphatic carbocycles. The average molecular weight is 341 g/mol. The molecule has 0 unspecified atom stereocenters. The van der Waals surface area contributed by atoms with Crippen molar-refractivity contribution in [3.05, 3.63) is 53.1 Å². The largest absolute Gasteiger partial charge is 0.497 e. The van der Waals surface area contributed by atoms with Crippen LogP contribution in [0.2, 0.25) is 0 Å². The van der Waals surface area contributed by atoms with Gasteiger partial charge in [0.25, 0.3) is 5.91 Å². The summed E-state index contributed by atoms with van der Waals surface area (Å²) >= 11 is 0. The second-order valence-electron chi connectivity index (χ2n) is 6.04. The summed E-state index contributed by atoms with van der Waals surface area (Å²) in [6, 6.07) is 11.0. The first kappa shape index (κ1) is 17.1. The van der Waals surface area contributed by atoms with Gasteiger partial charge in [-0.2, -0.15) is 0 Å². The van der Waals surface area contributed by atoms with Gasteiger partial charge in [0.05, 0.1) is 13.7 Å². The van der Waals surface area contributed by atoms with E-state index < -0.39 is 0 Å². The Morgan fingerprint density at radius 2 is 2.04 bits per heavy atom. The van der Waals surface area contributed by atoms with Crippen LogP contribution in [0.1, 0.15) is 35.3 Å². The molecular weight excluding hydrogens is 318 g/mol. The van der Waals surface area contributed by atoms with E-state index in [0.29, 0.717) is 18.7 Å². The molecule has 0 saturated carbocycles. The van der Waals surface area contributed by atoms with Crippen molar-refractivity contribution in [3.8, 4) is 17.2 Å². The number of hydrogen-bond donors (Lipinski definition) is 1. The van der Waals surface area contributed by atoms with Crippen molar-refractivity contribution in [1.82, 2.24) is 5.32 Å². The monoisotopic (exact) mass is 341 g/mol. The van der Waals surface area contributed by atoms with Crippen LogP contribution in [0.5, 0.6) is 17.2 Å². The molecule has 5 nitrogen and oxygen atoms in total. The van der Waals surface area contributed by atoms with Gasteiger partial charge in [-0.3, -0.25) is 4.79 Å². The Kier molecular flexibility index (Phi) is 5.12. The van der Waals surface area contributed by atoms with Crippen LogP contribution in [0.15, 0.2) is 36.4 Å². The van der Waals surface area contributed by atoms with Gasteiger partial charge in [-0.25, -0.2) is 0 Å². The van der Waals surface area contributed by atoms with Gasteiger partial charge in [0.2, 0.25) is 0 Å². The quantitative estimate of drug-likeness (QED) is 0.875. The van der Waals surface area contributed by atoms with Crippen molar-refractivity contribution in [2.45, 2.75) is 32.9 Å². The van der Waals surface area contributed by atoms with Crippen molar-refractivity contribution in [1.29, 1.82) is 0 Å². The van der Waals surface area contributed by atoms with Crippen LogP contribution in [0.25, 0.3) is 0 Å². The maximum atomic E-state index is 12.3. The van der Waals surface area contributed by atoms with Crippen molar-refractivity contribution in [3.63, 3.8) is 0 Å². The lowest BCUT2D eigenvalue weighted by Gasteiger charge is -2.13. The van der Waals surface area contributed by atoms with Gasteiger partial charge in [0.1, 0.15) is 23.4 Å². The Bertz CT molecular complexity index is 755. The fourth-order valence-corrected chi connectivity index (χ4v) is 2.93. The van der Waals surface area contributed by atoms with Crippen LogP contribution < -0.4 is 19.5 Å². The molecule has 5 heteroatoms. The van der Waals surface area contributed by atoms with Gasteiger partial charge in [-0.1, -0.05) is 0 Å². The van der Waals surface area contributed by atoms with Gasteiger partial charge in [-0.15, -0.1) is 0 Å². The van der Waals surface area contributed by atoms with E-state index in [4.69, 9.17) is 14.2 Å². The standard InChI is InChI=1S/C20H23NO4/c1-4-24-18-10-15-9-13(2)25-19(15)11-16(18)12-21-20(22)14-5-7-17(23-3)8-6-14/h5-8,10-11,13H,4,9,12H2,1-3H3,(H,21,22)/t13-/m0/s1. The third-order valence-electron chi connectivity index (χ3n) is 4.17. The summed E-state index contributed by atoms with van der Waals surface area (Å²) in [5.41, 5.74) is 2.66. The third kappa shape index (κ3) is 3.87. The molecule has 3 rings (SSSR count). The number of rotatable bonds is 6. The summed E-state index contributed by atoms with van der Waals surface area (Å²) in [6.45, 7) is 4.96. The van der Waals surface area contributed by atoms with Gasteiger partial charge in [0, 0.05) is 29.7 Å². The number of ether oxygens (including phenoxy) is 3. The molecule has 0 radical (unpaired) electrons. The zero-order chi connectivity index (χ0) is 17.8.